The molecule has 2 N–H and O–H groups in total. The van der Waals surface area contributed by atoms with E-state index in [1.807, 2.05) is 0 Å². The molecule has 0 saturated carbocycles. The molecule has 0 aliphatic carbocycles. The average Bonchev–Trinajstić information content (AvgIpc) is 3.00. The molecule has 0 radical (unpaired) electrons. The Kier molecular flexibility index (Phi) is 4.79. The second-order valence-corrected chi connectivity index (χ2v) is 6.62. The van der Waals surface area contributed by atoms with Crippen LogP contribution < -0.4 is 11.4 Å². The number of nitrogens with two attached hydrogens (primary N) is 1. The van der Waals surface area contributed by atoms with Crippen molar-refractivity contribution in [3.8, 4) is 11.3 Å². The number of aryl methyl sites for hydroxylation is 1. The number of thioether (sulfide) groups is 1. The third-order valence-corrected chi connectivity index (χ3v) is 4.64. The minimum Gasteiger partial charge on any atom is -0.360 e. The van der Waals surface area contributed by atoms with Crippen LogP contribution in [0.2, 0.25) is 10.0 Å². The molecule has 0 unspecified atom stereocenters. The fourth-order valence-electron chi connectivity index (χ4n) is 1.91. The molecule has 124 valence electrons. The topological polar surface area (TPSA) is 99.8 Å². The predicted molar refractivity (Wildman–Crippen MR) is 92.7 cm³/mol. The summed E-state index contributed by atoms with van der Waals surface area (Å²) in [4.78, 5) is 11.7. The molecule has 24 heavy (non-hydrogen) atoms. The molecule has 7 nitrogen and oxygen atoms in total. The summed E-state index contributed by atoms with van der Waals surface area (Å²) >= 11 is 13.3. The van der Waals surface area contributed by atoms with E-state index in [0.29, 0.717) is 32.8 Å². The smallest absolute Gasteiger partial charge is 0.294 e. The normalized spacial score (nSPS) is 11.0. The molecule has 1 aromatic carbocycles. The predicted octanol–water partition coefficient (Wildman–Crippen LogP) is 2.91. The molecule has 10 heteroatoms. The molecule has 2 heterocycles. The van der Waals surface area contributed by atoms with Crippen molar-refractivity contribution in [2.75, 3.05) is 5.84 Å². The van der Waals surface area contributed by atoms with Crippen molar-refractivity contribution in [3.05, 3.63) is 56.1 Å². The van der Waals surface area contributed by atoms with Gasteiger partial charge in [-0.15, -0.1) is 10.2 Å². The summed E-state index contributed by atoms with van der Waals surface area (Å²) in [7, 11) is 0. The van der Waals surface area contributed by atoms with Gasteiger partial charge in [0.2, 0.25) is 5.16 Å². The number of benzene rings is 1. The van der Waals surface area contributed by atoms with Gasteiger partial charge >= 0.3 is 0 Å². The molecule has 0 fully saturated rings. The molecule has 0 bridgehead atoms. The van der Waals surface area contributed by atoms with Crippen molar-refractivity contribution >= 4 is 35.0 Å². The number of aromatic nitrogens is 4. The van der Waals surface area contributed by atoms with Crippen molar-refractivity contribution in [2.45, 2.75) is 17.8 Å². The Morgan fingerprint density at radius 1 is 1.29 bits per heavy atom. The van der Waals surface area contributed by atoms with Crippen LogP contribution >= 0.6 is 35.0 Å². The van der Waals surface area contributed by atoms with E-state index in [-0.39, 0.29) is 10.9 Å². The maximum absolute atomic E-state index is 11.7. The molecule has 0 aliphatic heterocycles. The Morgan fingerprint density at radius 3 is 2.83 bits per heavy atom. The number of halogens is 2. The van der Waals surface area contributed by atoms with Crippen molar-refractivity contribution in [1.82, 2.24) is 20.0 Å². The lowest BCUT2D eigenvalue weighted by Crippen LogP contribution is -2.32. The fourth-order valence-corrected chi connectivity index (χ4v) is 3.14. The van der Waals surface area contributed by atoms with E-state index in [1.165, 1.54) is 11.8 Å². The number of nitrogens with zero attached hydrogens (tertiary/aromatic N) is 4. The van der Waals surface area contributed by atoms with Gasteiger partial charge in [-0.05, 0) is 25.1 Å². The van der Waals surface area contributed by atoms with E-state index >= 15 is 0 Å². The largest absolute Gasteiger partial charge is 0.360 e. The molecular formula is C14H11Cl2N5O2S. The van der Waals surface area contributed by atoms with Crippen LogP contribution in [0.1, 0.15) is 11.5 Å². The second kappa shape index (κ2) is 6.84. The summed E-state index contributed by atoms with van der Waals surface area (Å²) in [5.74, 6) is 6.64. The highest BCUT2D eigenvalue weighted by molar-refractivity contribution is 7.98. The van der Waals surface area contributed by atoms with Crippen molar-refractivity contribution in [3.63, 3.8) is 0 Å². The van der Waals surface area contributed by atoms with Gasteiger partial charge in [-0.1, -0.05) is 40.1 Å². The summed E-state index contributed by atoms with van der Waals surface area (Å²) in [5, 5.41) is 13.0. The van der Waals surface area contributed by atoms with Crippen LogP contribution in [0.4, 0.5) is 0 Å². The first-order chi connectivity index (χ1) is 11.5. The Labute approximate surface area is 150 Å². The van der Waals surface area contributed by atoms with E-state index in [4.69, 9.17) is 33.6 Å². The summed E-state index contributed by atoms with van der Waals surface area (Å²) in [6.07, 6.45) is 0. The Hall–Kier alpha value is -2.03. The van der Waals surface area contributed by atoms with Gasteiger partial charge in [0, 0.05) is 16.7 Å². The van der Waals surface area contributed by atoms with Crippen LogP contribution in [0.15, 0.2) is 38.7 Å². The minimum absolute atomic E-state index is 0.237. The number of rotatable bonds is 4. The summed E-state index contributed by atoms with van der Waals surface area (Å²) in [6.45, 7) is 1.55. The second-order valence-electron chi connectivity index (χ2n) is 4.83. The maximum Gasteiger partial charge on any atom is 0.294 e. The van der Waals surface area contributed by atoms with Gasteiger partial charge in [0.25, 0.3) is 5.56 Å². The average molecular weight is 384 g/mol. The summed E-state index contributed by atoms with van der Waals surface area (Å²) < 4.78 is 6.24. The monoisotopic (exact) mass is 383 g/mol. The third kappa shape index (κ3) is 3.40. The zero-order valence-electron chi connectivity index (χ0n) is 12.4. The van der Waals surface area contributed by atoms with Gasteiger partial charge in [0.15, 0.2) is 0 Å². The van der Waals surface area contributed by atoms with Gasteiger partial charge in [0.05, 0.1) is 10.8 Å². The highest BCUT2D eigenvalue weighted by Gasteiger charge is 2.13. The highest BCUT2D eigenvalue weighted by atomic mass is 35.5. The Bertz CT molecular complexity index is 957. The molecule has 0 aliphatic rings. The van der Waals surface area contributed by atoms with Crippen LogP contribution in [0.25, 0.3) is 11.3 Å². The van der Waals surface area contributed by atoms with Crippen molar-refractivity contribution < 1.29 is 4.52 Å². The van der Waals surface area contributed by atoms with E-state index < -0.39 is 5.56 Å². The van der Waals surface area contributed by atoms with Gasteiger partial charge < -0.3 is 10.4 Å². The standard InChI is InChI=1S/C14H11Cl2N5O2S/c1-7-13(22)21(17)14(19-18-7)24-6-9-5-12(20-23-9)10-3-2-8(15)4-11(10)16/h2-5H,6,17H2,1H3. The van der Waals surface area contributed by atoms with Crippen LogP contribution in [-0.2, 0) is 5.75 Å². The first kappa shape index (κ1) is 16.8. The van der Waals surface area contributed by atoms with Gasteiger partial charge in [0.1, 0.15) is 17.1 Å². The Balaban J connectivity index is 1.77. The van der Waals surface area contributed by atoms with Gasteiger partial charge in [-0.2, -0.15) is 4.68 Å². The highest BCUT2D eigenvalue weighted by Crippen LogP contribution is 2.31. The van der Waals surface area contributed by atoms with Crippen molar-refractivity contribution in [1.29, 1.82) is 0 Å². The van der Waals surface area contributed by atoms with Crippen molar-refractivity contribution in [2.24, 2.45) is 0 Å². The number of hydrogen-bond donors (Lipinski definition) is 1. The quantitative estimate of drug-likeness (QED) is 0.545. The zero-order valence-corrected chi connectivity index (χ0v) is 14.7. The lowest BCUT2D eigenvalue weighted by atomic mass is 10.1. The fraction of sp³-hybridized carbons (Fsp3) is 0.143. The lowest BCUT2D eigenvalue weighted by Gasteiger charge is -2.04. The van der Waals surface area contributed by atoms with Gasteiger partial charge in [-0.3, -0.25) is 4.79 Å². The Morgan fingerprint density at radius 2 is 2.08 bits per heavy atom. The van der Waals surface area contributed by atoms with Crippen LogP contribution in [-0.4, -0.2) is 20.0 Å². The van der Waals surface area contributed by atoms with Crippen LogP contribution in [0.5, 0.6) is 0 Å². The molecule has 0 saturated heterocycles. The van der Waals surface area contributed by atoms with Gasteiger partial charge in [-0.25, -0.2) is 0 Å². The summed E-state index contributed by atoms with van der Waals surface area (Å²) in [6, 6.07) is 6.88. The molecule has 3 aromatic rings. The van der Waals surface area contributed by atoms with E-state index in [1.54, 1.807) is 31.2 Å². The molecule has 0 amide bonds. The minimum atomic E-state index is -0.390. The molecule has 3 rings (SSSR count). The summed E-state index contributed by atoms with van der Waals surface area (Å²) in [5.41, 5.74) is 1.15. The molecule has 0 spiro atoms. The zero-order chi connectivity index (χ0) is 17.3. The van der Waals surface area contributed by atoms with Crippen LogP contribution in [0.3, 0.4) is 0 Å². The van der Waals surface area contributed by atoms with E-state index in [9.17, 15) is 4.79 Å². The maximum atomic E-state index is 11.7. The van der Waals surface area contributed by atoms with Crippen LogP contribution in [0, 0.1) is 6.92 Å². The first-order valence-electron chi connectivity index (χ1n) is 6.71. The SMILES string of the molecule is Cc1nnc(SCc2cc(-c3ccc(Cl)cc3Cl)no2)n(N)c1=O. The lowest BCUT2D eigenvalue weighted by molar-refractivity contribution is 0.397. The molecule has 2 aromatic heterocycles. The third-order valence-electron chi connectivity index (χ3n) is 3.13. The number of hydrogen-bond acceptors (Lipinski definition) is 7. The van der Waals surface area contributed by atoms with E-state index in [0.717, 1.165) is 4.68 Å². The first-order valence-corrected chi connectivity index (χ1v) is 8.45. The van der Waals surface area contributed by atoms with E-state index in [2.05, 4.69) is 15.4 Å². The molecule has 0 atom stereocenters. The molecular weight excluding hydrogens is 373 g/mol. The number of nitrogen functional groups attached to an aromatic ring is 1.